The van der Waals surface area contributed by atoms with Crippen molar-refractivity contribution in [2.24, 2.45) is 11.8 Å². The van der Waals surface area contributed by atoms with Crippen molar-refractivity contribution >= 4 is 94.2 Å². The number of aliphatic carboxylic acids is 4. The largest absolute Gasteiger partial charge is 0.481 e. The Labute approximate surface area is 575 Å². The number of ether oxygens (including phenoxy) is 2. The van der Waals surface area contributed by atoms with Crippen molar-refractivity contribution in [3.8, 4) is 33.4 Å². The molecule has 0 fully saturated rings. The van der Waals surface area contributed by atoms with E-state index in [4.69, 9.17) is 64.7 Å². The van der Waals surface area contributed by atoms with E-state index in [1.54, 1.807) is 53.7 Å². The molecule has 0 saturated carbocycles. The summed E-state index contributed by atoms with van der Waals surface area (Å²) in [6, 6.07) is 42.9. The van der Waals surface area contributed by atoms with E-state index in [9.17, 15) is 47.9 Å². The molecule has 0 aliphatic heterocycles. The lowest BCUT2D eigenvalue weighted by molar-refractivity contribution is -0.146. The summed E-state index contributed by atoms with van der Waals surface area (Å²) < 4.78 is 10.4. The van der Waals surface area contributed by atoms with E-state index in [0.717, 1.165) is 55.0 Å². The molecular formula is C73H85Cl3N4O16. The zero-order valence-corrected chi connectivity index (χ0v) is 57.3. The Kier molecular flexibility index (Phi) is 32.8. The monoisotopic (exact) mass is 1380 g/mol. The van der Waals surface area contributed by atoms with E-state index < -0.39 is 90.0 Å². The minimum atomic E-state index is -1.05. The molecule has 6 aromatic carbocycles. The zero-order valence-electron chi connectivity index (χ0n) is 55.1. The fourth-order valence-electron chi connectivity index (χ4n) is 9.77. The van der Waals surface area contributed by atoms with Crippen LogP contribution in [0, 0.1) is 11.8 Å². The number of carbonyl (C=O) groups excluding carboxylic acids is 6. The van der Waals surface area contributed by atoms with Crippen LogP contribution in [0.1, 0.15) is 117 Å². The van der Waals surface area contributed by atoms with Crippen LogP contribution in [0.2, 0.25) is 15.1 Å². The predicted octanol–water partition coefficient (Wildman–Crippen LogP) is 13.2. The lowest BCUT2D eigenvalue weighted by Gasteiger charge is -2.31. The molecule has 20 nitrogen and oxygen atoms in total. The third-order valence-electron chi connectivity index (χ3n) is 14.8. The number of ketones is 1. The van der Waals surface area contributed by atoms with Crippen molar-refractivity contribution in [2.45, 2.75) is 149 Å². The van der Waals surface area contributed by atoms with Crippen LogP contribution < -0.4 is 16.0 Å². The number of carboxylic acids is 4. The first-order chi connectivity index (χ1) is 45.3. The fourth-order valence-corrected chi connectivity index (χ4v) is 10.3. The van der Waals surface area contributed by atoms with Gasteiger partial charge in [-0.25, -0.2) is 4.79 Å². The number of hydrogen-bond acceptors (Lipinski definition) is 12. The van der Waals surface area contributed by atoms with Gasteiger partial charge in [-0.05, 0) is 160 Å². The number of carbonyl (C=O) groups is 10. The van der Waals surface area contributed by atoms with E-state index in [-0.39, 0.29) is 69.2 Å². The van der Waals surface area contributed by atoms with Gasteiger partial charge in [0.25, 0.3) is 0 Å². The van der Waals surface area contributed by atoms with E-state index in [1.165, 1.54) is 13.8 Å². The number of halogens is 3. The van der Waals surface area contributed by atoms with Gasteiger partial charge in [0.05, 0.1) is 19.4 Å². The Balaban J connectivity index is 0.000000310. The average molecular weight is 1380 g/mol. The molecule has 1 unspecified atom stereocenters. The summed E-state index contributed by atoms with van der Waals surface area (Å²) in [5.41, 5.74) is 7.77. The van der Waals surface area contributed by atoms with Gasteiger partial charge in [0.1, 0.15) is 24.0 Å². The lowest BCUT2D eigenvalue weighted by Crippen LogP contribution is -2.53. The second kappa shape index (κ2) is 39.7. The van der Waals surface area contributed by atoms with Crippen LogP contribution in [0.3, 0.4) is 0 Å². The Bertz CT molecular complexity index is 3450. The van der Waals surface area contributed by atoms with Crippen LogP contribution in [0.15, 0.2) is 146 Å². The van der Waals surface area contributed by atoms with Crippen molar-refractivity contribution in [1.29, 1.82) is 0 Å². The molecule has 7 N–H and O–H groups in total. The first-order valence-corrected chi connectivity index (χ1v) is 32.4. The second-order valence-corrected chi connectivity index (χ2v) is 25.5. The van der Waals surface area contributed by atoms with Crippen LogP contribution in [-0.4, -0.2) is 128 Å². The van der Waals surface area contributed by atoms with Crippen molar-refractivity contribution in [3.05, 3.63) is 177 Å². The molecule has 0 aliphatic rings. The van der Waals surface area contributed by atoms with Crippen LogP contribution in [-0.2, 0) is 71.9 Å². The third-order valence-corrected chi connectivity index (χ3v) is 15.5. The van der Waals surface area contributed by atoms with E-state index >= 15 is 0 Å². The number of hydrogen-bond donors (Lipinski definition) is 7. The summed E-state index contributed by atoms with van der Waals surface area (Å²) in [6.45, 7) is 12.7. The smallest absolute Gasteiger partial charge is 0.411 e. The molecule has 6 atom stereocenters. The Morgan fingerprint density at radius 1 is 0.469 bits per heavy atom. The van der Waals surface area contributed by atoms with Crippen LogP contribution in [0.5, 0.6) is 0 Å². The number of amides is 4. The summed E-state index contributed by atoms with van der Waals surface area (Å²) in [5, 5.41) is 46.1. The molecule has 0 bridgehead atoms. The highest BCUT2D eigenvalue weighted by molar-refractivity contribution is 6.31. The highest BCUT2D eigenvalue weighted by Gasteiger charge is 2.33. The van der Waals surface area contributed by atoms with Crippen molar-refractivity contribution in [3.63, 3.8) is 0 Å². The second-order valence-electron chi connectivity index (χ2n) is 24.2. The molecule has 514 valence electrons. The molecule has 4 amide bonds. The maximum absolute atomic E-state index is 13.2. The van der Waals surface area contributed by atoms with E-state index in [1.807, 2.05) is 133 Å². The van der Waals surface area contributed by atoms with Crippen LogP contribution in [0.4, 0.5) is 4.79 Å². The van der Waals surface area contributed by atoms with Crippen LogP contribution >= 0.6 is 34.8 Å². The normalized spacial score (nSPS) is 12.7. The number of Topliss-reactive ketones (excluding diaryl/α,β-unsaturated/α-hetero) is 1. The molecular weight excluding hydrogens is 1300 g/mol. The highest BCUT2D eigenvalue weighted by Crippen LogP contribution is 2.27. The summed E-state index contributed by atoms with van der Waals surface area (Å²) in [7, 11) is 0. The van der Waals surface area contributed by atoms with E-state index in [0.29, 0.717) is 34.3 Å². The molecule has 0 radical (unpaired) electrons. The first kappa shape index (κ1) is 79.3. The summed E-state index contributed by atoms with van der Waals surface area (Å²) in [6.07, 6.45) is 0.182. The Hall–Kier alpha value is -9.11. The van der Waals surface area contributed by atoms with Gasteiger partial charge in [0.2, 0.25) is 17.7 Å². The van der Waals surface area contributed by atoms with Gasteiger partial charge in [-0.15, -0.1) is 0 Å². The Morgan fingerprint density at radius 2 is 0.802 bits per heavy atom. The molecule has 6 aromatic rings. The average Bonchev–Trinajstić information content (AvgIpc) is 1.00. The van der Waals surface area contributed by atoms with Gasteiger partial charge in [-0.2, -0.15) is 0 Å². The molecule has 0 spiro atoms. The van der Waals surface area contributed by atoms with Gasteiger partial charge in [-0.3, -0.25) is 48.1 Å². The molecule has 0 heterocycles. The third kappa shape index (κ3) is 30.1. The SMILES string of the molecule is CCOC(=O)CN(C(=O)OC(C)(C)C)C(C)C(=O)N[C@@H](CC(C)=O)Cc1ccc(-c2cccc(Cl)c2)cc1.C[C@@H](CCC(=O)O)C(=O)N[C@@H](CC(=O)O)Cc1ccc(-c2cccc(Cl)c2)cc1.C[C@H](CCC(=O)O)C(=O)N[C@@H](CC(=O)O)Cc1ccc(-c2cccc(Cl)c2)cc1. The molecule has 96 heavy (non-hydrogen) atoms. The quantitative estimate of drug-likeness (QED) is 0.0199. The molecule has 0 saturated heterocycles. The number of carboxylic acid groups (broad SMARTS) is 4. The zero-order chi connectivity index (χ0) is 71.2. The first-order valence-electron chi connectivity index (χ1n) is 31.2. The maximum atomic E-state index is 13.2. The summed E-state index contributed by atoms with van der Waals surface area (Å²) >= 11 is 18.2. The van der Waals surface area contributed by atoms with Gasteiger partial charge >= 0.3 is 35.9 Å². The predicted molar refractivity (Wildman–Crippen MR) is 368 cm³/mol. The Morgan fingerprint density at radius 3 is 1.09 bits per heavy atom. The topological polar surface area (TPSA) is 309 Å². The van der Waals surface area contributed by atoms with Gasteiger partial charge in [0.15, 0.2) is 0 Å². The van der Waals surface area contributed by atoms with E-state index in [2.05, 4.69) is 16.0 Å². The number of benzene rings is 6. The molecule has 0 aliphatic carbocycles. The standard InChI is InChI=1S/C29H37ClN2O6.2C22H24ClNO5/c1-7-37-26(34)18-32(28(36)38-29(4,5)6)20(3)27(35)31-25(15-19(2)33)16-21-11-13-22(14-12-21)23-9-8-10-24(30)17-23;2*1-14(5-10-20(25)26)22(29)24-19(13-21(27)28)11-15-6-8-16(9-7-15)17-3-2-4-18(23)12-17/h8-14,17,20,25H,7,15-16,18H2,1-6H3,(H,31,35);2*2-4,6-9,12,14,19H,5,10-11,13H2,1H3,(H,24,29)(H,25,26)(H,27,28)/t20?,25-;14-,19+;14-,19-/m001/s1. The molecule has 6 rings (SSSR count). The summed E-state index contributed by atoms with van der Waals surface area (Å²) in [5.74, 6) is -6.90. The molecule has 0 aromatic heterocycles. The van der Waals surface area contributed by atoms with Gasteiger partial charge in [0, 0.05) is 64.3 Å². The number of rotatable bonds is 31. The van der Waals surface area contributed by atoms with Gasteiger partial charge in [-0.1, -0.05) is 158 Å². The number of nitrogens with zero attached hydrogens (tertiary/aromatic N) is 1. The van der Waals surface area contributed by atoms with Gasteiger partial charge < -0.3 is 45.9 Å². The number of esters is 1. The number of nitrogens with one attached hydrogen (secondary N) is 3. The minimum absolute atomic E-state index is 0.0889. The fraction of sp³-hybridized carbons (Fsp3) is 0.370. The van der Waals surface area contributed by atoms with Crippen molar-refractivity contribution in [1.82, 2.24) is 20.9 Å². The molecule has 23 heteroatoms. The lowest BCUT2D eigenvalue weighted by atomic mass is 9.98. The maximum Gasteiger partial charge on any atom is 0.411 e. The van der Waals surface area contributed by atoms with Crippen molar-refractivity contribution < 1.29 is 77.8 Å². The van der Waals surface area contributed by atoms with Crippen molar-refractivity contribution in [2.75, 3.05) is 13.2 Å². The highest BCUT2D eigenvalue weighted by atomic mass is 35.5. The van der Waals surface area contributed by atoms with Crippen LogP contribution in [0.25, 0.3) is 33.4 Å². The summed E-state index contributed by atoms with van der Waals surface area (Å²) in [4.78, 5) is 120. The minimum Gasteiger partial charge on any atom is -0.481 e.